The molecule has 0 saturated carbocycles. The average molecular weight is 268 g/mol. The Morgan fingerprint density at radius 2 is 2.22 bits per heavy atom. The lowest BCUT2D eigenvalue weighted by Gasteiger charge is -2.21. The maximum absolute atomic E-state index is 11.3. The molecule has 0 N–H and O–H groups in total. The van der Waals surface area contributed by atoms with Crippen LogP contribution in [0.15, 0.2) is 18.3 Å². The summed E-state index contributed by atoms with van der Waals surface area (Å²) in [6.45, 7) is 5.98. The molecule has 5 heteroatoms. The van der Waals surface area contributed by atoms with E-state index in [9.17, 15) is 4.79 Å². The SMILES string of the molecule is CC(=O)N1CCCN(Cc2cccnc2Cl)CC1. The van der Waals surface area contributed by atoms with Crippen molar-refractivity contribution in [3.63, 3.8) is 0 Å². The lowest BCUT2D eigenvalue weighted by Crippen LogP contribution is -2.33. The Balaban J connectivity index is 1.95. The fourth-order valence-electron chi connectivity index (χ4n) is 2.22. The topological polar surface area (TPSA) is 36.4 Å². The molecule has 4 nitrogen and oxygen atoms in total. The predicted molar refractivity (Wildman–Crippen MR) is 71.4 cm³/mol. The van der Waals surface area contributed by atoms with Crippen LogP contribution in [0.1, 0.15) is 18.9 Å². The highest BCUT2D eigenvalue weighted by Gasteiger charge is 2.17. The number of pyridine rings is 1. The molecule has 1 aliphatic rings. The standard InChI is InChI=1S/C13H18ClN3O/c1-11(18)17-7-3-6-16(8-9-17)10-12-4-2-5-15-13(12)14/h2,4-5H,3,6-10H2,1H3. The Labute approximate surface area is 113 Å². The molecule has 0 atom stereocenters. The van der Waals surface area contributed by atoms with Crippen molar-refractivity contribution in [2.45, 2.75) is 19.9 Å². The van der Waals surface area contributed by atoms with Gasteiger partial charge >= 0.3 is 0 Å². The van der Waals surface area contributed by atoms with Gasteiger partial charge in [-0.25, -0.2) is 4.98 Å². The molecule has 0 radical (unpaired) electrons. The van der Waals surface area contributed by atoms with Crippen LogP contribution in [-0.4, -0.2) is 46.9 Å². The maximum Gasteiger partial charge on any atom is 0.219 e. The molecule has 1 aromatic heterocycles. The molecule has 98 valence electrons. The third-order valence-electron chi connectivity index (χ3n) is 3.26. The molecule has 0 aliphatic carbocycles. The van der Waals surface area contributed by atoms with Crippen molar-refractivity contribution in [1.29, 1.82) is 0 Å². The van der Waals surface area contributed by atoms with Crippen LogP contribution in [0.5, 0.6) is 0 Å². The van der Waals surface area contributed by atoms with Crippen molar-refractivity contribution in [3.8, 4) is 0 Å². The van der Waals surface area contributed by atoms with E-state index >= 15 is 0 Å². The molecule has 1 saturated heterocycles. The highest BCUT2D eigenvalue weighted by molar-refractivity contribution is 6.30. The Hall–Kier alpha value is -1.13. The molecule has 1 fully saturated rings. The summed E-state index contributed by atoms with van der Waals surface area (Å²) in [4.78, 5) is 19.7. The number of rotatable bonds is 2. The van der Waals surface area contributed by atoms with Gasteiger partial charge in [-0.1, -0.05) is 17.7 Å². The van der Waals surface area contributed by atoms with Gasteiger partial charge in [-0.3, -0.25) is 9.69 Å². The van der Waals surface area contributed by atoms with Crippen LogP contribution in [0.3, 0.4) is 0 Å². The molecule has 1 aliphatic heterocycles. The number of hydrogen-bond acceptors (Lipinski definition) is 3. The van der Waals surface area contributed by atoms with E-state index in [2.05, 4.69) is 9.88 Å². The number of aromatic nitrogens is 1. The Morgan fingerprint density at radius 1 is 1.39 bits per heavy atom. The summed E-state index contributed by atoms with van der Waals surface area (Å²) in [5.74, 6) is 0.163. The zero-order valence-corrected chi connectivity index (χ0v) is 11.4. The number of amides is 1. The van der Waals surface area contributed by atoms with Crippen LogP contribution >= 0.6 is 11.6 Å². The van der Waals surface area contributed by atoms with Gasteiger partial charge in [-0.15, -0.1) is 0 Å². The molecule has 18 heavy (non-hydrogen) atoms. The van der Waals surface area contributed by atoms with Crippen LogP contribution in [0.25, 0.3) is 0 Å². The van der Waals surface area contributed by atoms with E-state index < -0.39 is 0 Å². The number of carbonyl (C=O) groups is 1. The van der Waals surface area contributed by atoms with E-state index in [0.29, 0.717) is 5.15 Å². The Bertz CT molecular complexity index is 424. The zero-order valence-electron chi connectivity index (χ0n) is 10.6. The third kappa shape index (κ3) is 3.43. The second-order valence-corrected chi connectivity index (χ2v) is 4.95. The van der Waals surface area contributed by atoms with Gasteiger partial charge in [0.2, 0.25) is 5.91 Å². The summed E-state index contributed by atoms with van der Waals surface area (Å²) < 4.78 is 0. The first-order valence-corrected chi connectivity index (χ1v) is 6.62. The fourth-order valence-corrected chi connectivity index (χ4v) is 2.40. The smallest absolute Gasteiger partial charge is 0.219 e. The van der Waals surface area contributed by atoms with E-state index in [-0.39, 0.29) is 5.91 Å². The van der Waals surface area contributed by atoms with Crippen molar-refractivity contribution in [3.05, 3.63) is 29.0 Å². The van der Waals surface area contributed by atoms with Gasteiger partial charge in [0, 0.05) is 51.4 Å². The second-order valence-electron chi connectivity index (χ2n) is 4.59. The minimum atomic E-state index is 0.163. The van der Waals surface area contributed by atoms with Crippen molar-refractivity contribution in [2.24, 2.45) is 0 Å². The van der Waals surface area contributed by atoms with Crippen LogP contribution in [-0.2, 0) is 11.3 Å². The van der Waals surface area contributed by atoms with Crippen LogP contribution in [0.2, 0.25) is 5.15 Å². The zero-order chi connectivity index (χ0) is 13.0. The molecular formula is C13H18ClN3O. The normalized spacial score (nSPS) is 17.6. The molecule has 2 rings (SSSR count). The highest BCUT2D eigenvalue weighted by Crippen LogP contribution is 2.15. The summed E-state index contributed by atoms with van der Waals surface area (Å²) in [6, 6.07) is 3.91. The van der Waals surface area contributed by atoms with E-state index in [4.69, 9.17) is 11.6 Å². The highest BCUT2D eigenvalue weighted by atomic mass is 35.5. The summed E-state index contributed by atoms with van der Waals surface area (Å²) >= 11 is 6.06. The van der Waals surface area contributed by atoms with Gasteiger partial charge in [-0.2, -0.15) is 0 Å². The third-order valence-corrected chi connectivity index (χ3v) is 3.60. The van der Waals surface area contributed by atoms with Gasteiger partial charge < -0.3 is 4.90 Å². The van der Waals surface area contributed by atoms with Gasteiger partial charge in [0.25, 0.3) is 0 Å². The summed E-state index contributed by atoms with van der Waals surface area (Å²) in [6.07, 6.45) is 2.71. The Morgan fingerprint density at radius 3 is 2.94 bits per heavy atom. The van der Waals surface area contributed by atoms with Crippen LogP contribution in [0.4, 0.5) is 0 Å². The molecule has 2 heterocycles. The molecule has 0 spiro atoms. The fraction of sp³-hybridized carbons (Fsp3) is 0.538. The molecule has 0 aromatic carbocycles. The molecule has 0 unspecified atom stereocenters. The predicted octanol–water partition coefficient (Wildman–Crippen LogP) is 1.79. The molecule has 1 amide bonds. The summed E-state index contributed by atoms with van der Waals surface area (Å²) in [5, 5.41) is 0.574. The van der Waals surface area contributed by atoms with Crippen LogP contribution in [0, 0.1) is 0 Å². The van der Waals surface area contributed by atoms with E-state index in [1.807, 2.05) is 17.0 Å². The average Bonchev–Trinajstić information content (AvgIpc) is 2.58. The number of carbonyl (C=O) groups excluding carboxylic acids is 1. The van der Waals surface area contributed by atoms with E-state index in [1.54, 1.807) is 13.1 Å². The first-order chi connectivity index (χ1) is 8.66. The van der Waals surface area contributed by atoms with Gasteiger partial charge in [0.05, 0.1) is 0 Å². The lowest BCUT2D eigenvalue weighted by atomic mass is 10.2. The Kier molecular flexibility index (Phi) is 4.55. The largest absolute Gasteiger partial charge is 0.342 e. The number of halogens is 1. The molecular weight excluding hydrogens is 250 g/mol. The summed E-state index contributed by atoms with van der Waals surface area (Å²) in [5.41, 5.74) is 1.05. The number of hydrogen-bond donors (Lipinski definition) is 0. The maximum atomic E-state index is 11.3. The van der Waals surface area contributed by atoms with Crippen molar-refractivity contribution in [2.75, 3.05) is 26.2 Å². The van der Waals surface area contributed by atoms with Crippen molar-refractivity contribution < 1.29 is 4.79 Å². The monoisotopic (exact) mass is 267 g/mol. The van der Waals surface area contributed by atoms with Crippen molar-refractivity contribution >= 4 is 17.5 Å². The van der Waals surface area contributed by atoms with Gasteiger partial charge in [0.1, 0.15) is 5.15 Å². The second kappa shape index (κ2) is 6.16. The van der Waals surface area contributed by atoms with Crippen LogP contribution < -0.4 is 0 Å². The molecule has 1 aromatic rings. The van der Waals surface area contributed by atoms with Gasteiger partial charge in [0.15, 0.2) is 0 Å². The quantitative estimate of drug-likeness (QED) is 0.767. The first kappa shape index (κ1) is 13.3. The number of nitrogens with zero attached hydrogens (tertiary/aromatic N) is 3. The summed E-state index contributed by atoms with van der Waals surface area (Å²) in [7, 11) is 0. The lowest BCUT2D eigenvalue weighted by molar-refractivity contribution is -0.128. The minimum Gasteiger partial charge on any atom is -0.342 e. The van der Waals surface area contributed by atoms with Crippen molar-refractivity contribution in [1.82, 2.24) is 14.8 Å². The molecule has 0 bridgehead atoms. The van der Waals surface area contributed by atoms with Gasteiger partial charge in [-0.05, 0) is 12.5 Å². The minimum absolute atomic E-state index is 0.163. The first-order valence-electron chi connectivity index (χ1n) is 6.24. The van der Waals surface area contributed by atoms with E-state index in [0.717, 1.165) is 44.7 Å². The van der Waals surface area contributed by atoms with E-state index in [1.165, 1.54) is 0 Å².